The Bertz CT molecular complexity index is 1110. The molecule has 0 spiro atoms. The largest absolute Gasteiger partial charge is 0.270 e. The fraction of sp³-hybridized carbons (Fsp3) is 0.238. The number of rotatable bonds is 6. The van der Waals surface area contributed by atoms with Gasteiger partial charge in [-0.15, -0.1) is 18.2 Å². The summed E-state index contributed by atoms with van der Waals surface area (Å²) in [4.78, 5) is 10.3. The number of aromatic nitrogens is 1. The van der Waals surface area contributed by atoms with Crippen LogP contribution < -0.4 is 0 Å². The molecule has 29 heavy (non-hydrogen) atoms. The number of nitro groups is 1. The van der Waals surface area contributed by atoms with Crippen molar-refractivity contribution in [2.24, 2.45) is 0 Å². The molecule has 0 unspecified atom stereocenters. The van der Waals surface area contributed by atoms with Crippen molar-refractivity contribution in [1.29, 1.82) is 0 Å². The number of hydrogen-bond acceptors (Lipinski definition) is 4. The van der Waals surface area contributed by atoms with E-state index in [9.17, 15) is 18.5 Å². The second-order valence-electron chi connectivity index (χ2n) is 6.67. The zero-order chi connectivity index (χ0) is 21.6. The van der Waals surface area contributed by atoms with E-state index in [4.69, 9.17) is 11.6 Å². The fourth-order valence-corrected chi connectivity index (χ4v) is 4.19. The lowest BCUT2D eigenvalue weighted by Gasteiger charge is -2.04. The van der Waals surface area contributed by atoms with Gasteiger partial charge in [-0.05, 0) is 23.1 Å². The highest BCUT2D eigenvalue weighted by Crippen LogP contribution is 2.28. The molecule has 0 aliphatic rings. The number of nitro benzene ring substituents is 1. The quantitative estimate of drug-likeness (QED) is 0.223. The lowest BCUT2D eigenvalue weighted by atomic mass is 10.0. The lowest BCUT2D eigenvalue weighted by Crippen LogP contribution is -2.14. The van der Waals surface area contributed by atoms with Crippen molar-refractivity contribution in [2.75, 3.05) is 5.75 Å². The van der Waals surface area contributed by atoms with Gasteiger partial charge in [-0.2, -0.15) is 0 Å². The summed E-state index contributed by atoms with van der Waals surface area (Å²) in [5, 5.41) is 11.2. The fourth-order valence-electron chi connectivity index (χ4n) is 2.77. The van der Waals surface area contributed by atoms with Crippen LogP contribution in [0, 0.1) is 10.1 Å². The topological polar surface area (TPSA) is 82.2 Å². The standard InChI is InChI=1S/C12H11ClN2O4S.C9H12/c1-2-5-20(18,19)14-8-9(7-13)11-6-10(15(16)17)3-4-12(11)14;1-8(2)9-6-4-3-5-7-9/h2-4,6,8H,1,5,7H2;3-8H,1-2H3. The minimum absolute atomic E-state index is 0.0638. The Hall–Kier alpha value is -2.64. The molecular formula is C21H23ClN2O4S. The van der Waals surface area contributed by atoms with Crippen LogP contribution in [0.4, 0.5) is 5.69 Å². The summed E-state index contributed by atoms with van der Waals surface area (Å²) < 4.78 is 25.3. The van der Waals surface area contributed by atoms with Crippen molar-refractivity contribution in [2.45, 2.75) is 25.6 Å². The molecule has 0 atom stereocenters. The highest BCUT2D eigenvalue weighted by Gasteiger charge is 2.19. The predicted octanol–water partition coefficient (Wildman–Crippen LogP) is 5.46. The van der Waals surface area contributed by atoms with Crippen molar-refractivity contribution in [3.05, 3.63) is 88.6 Å². The van der Waals surface area contributed by atoms with E-state index in [1.807, 2.05) is 6.07 Å². The Kier molecular flexibility index (Phi) is 7.59. The van der Waals surface area contributed by atoms with Gasteiger partial charge in [0.05, 0.1) is 16.2 Å². The predicted molar refractivity (Wildman–Crippen MR) is 118 cm³/mol. The van der Waals surface area contributed by atoms with E-state index in [2.05, 4.69) is 44.7 Å². The molecule has 0 saturated carbocycles. The first-order chi connectivity index (χ1) is 13.7. The van der Waals surface area contributed by atoms with Gasteiger partial charge >= 0.3 is 0 Å². The van der Waals surface area contributed by atoms with Gasteiger partial charge in [0.1, 0.15) is 0 Å². The maximum Gasteiger partial charge on any atom is 0.270 e. The Balaban J connectivity index is 0.000000278. The molecule has 0 aliphatic carbocycles. The minimum Gasteiger partial charge on any atom is -0.258 e. The molecule has 2 aromatic carbocycles. The summed E-state index contributed by atoms with van der Waals surface area (Å²) in [5.74, 6) is 0.496. The van der Waals surface area contributed by atoms with Crippen LogP contribution in [0.1, 0.15) is 30.9 Å². The summed E-state index contributed by atoms with van der Waals surface area (Å²) in [5.41, 5.74) is 2.20. The monoisotopic (exact) mass is 434 g/mol. The lowest BCUT2D eigenvalue weighted by molar-refractivity contribution is -0.384. The number of benzene rings is 2. The van der Waals surface area contributed by atoms with Crippen LogP contribution in [0.5, 0.6) is 0 Å². The van der Waals surface area contributed by atoms with Crippen LogP contribution in [-0.2, 0) is 15.9 Å². The Morgan fingerprint density at radius 2 is 1.86 bits per heavy atom. The third-order valence-electron chi connectivity index (χ3n) is 4.29. The first-order valence-electron chi connectivity index (χ1n) is 8.94. The van der Waals surface area contributed by atoms with E-state index in [0.29, 0.717) is 22.4 Å². The molecule has 0 radical (unpaired) electrons. The smallest absolute Gasteiger partial charge is 0.258 e. The molecule has 0 amide bonds. The van der Waals surface area contributed by atoms with Crippen molar-refractivity contribution >= 4 is 38.2 Å². The molecule has 0 N–H and O–H groups in total. The third-order valence-corrected chi connectivity index (χ3v) is 6.13. The van der Waals surface area contributed by atoms with Crippen molar-refractivity contribution in [1.82, 2.24) is 3.97 Å². The van der Waals surface area contributed by atoms with Crippen molar-refractivity contribution < 1.29 is 13.3 Å². The highest BCUT2D eigenvalue weighted by molar-refractivity contribution is 7.90. The number of halogens is 1. The molecule has 0 saturated heterocycles. The van der Waals surface area contributed by atoms with Gasteiger partial charge in [-0.3, -0.25) is 10.1 Å². The molecule has 8 heteroatoms. The van der Waals surface area contributed by atoms with Gasteiger partial charge in [0.15, 0.2) is 0 Å². The van der Waals surface area contributed by atoms with Gasteiger partial charge in [0.25, 0.3) is 5.69 Å². The Morgan fingerprint density at radius 3 is 2.34 bits per heavy atom. The maximum absolute atomic E-state index is 12.1. The Morgan fingerprint density at radius 1 is 1.21 bits per heavy atom. The molecule has 0 fully saturated rings. The van der Waals surface area contributed by atoms with Crippen LogP contribution in [0.2, 0.25) is 0 Å². The summed E-state index contributed by atoms with van der Waals surface area (Å²) in [6.07, 6.45) is 2.67. The molecular weight excluding hydrogens is 412 g/mol. The van der Waals surface area contributed by atoms with Crippen LogP contribution in [0.3, 0.4) is 0 Å². The molecule has 6 nitrogen and oxygen atoms in total. The first-order valence-corrected chi connectivity index (χ1v) is 11.1. The van der Waals surface area contributed by atoms with Crippen molar-refractivity contribution in [3.63, 3.8) is 0 Å². The average Bonchev–Trinajstić information content (AvgIpc) is 3.08. The van der Waals surface area contributed by atoms with Crippen molar-refractivity contribution in [3.8, 4) is 0 Å². The van der Waals surface area contributed by atoms with Gasteiger partial charge in [0.2, 0.25) is 10.0 Å². The van der Waals surface area contributed by atoms with E-state index >= 15 is 0 Å². The summed E-state index contributed by atoms with van der Waals surface area (Å²) in [6.45, 7) is 7.82. The molecule has 0 bridgehead atoms. The van der Waals surface area contributed by atoms with E-state index in [1.165, 1.54) is 36.0 Å². The first kappa shape index (κ1) is 22.6. The van der Waals surface area contributed by atoms with E-state index < -0.39 is 14.9 Å². The highest BCUT2D eigenvalue weighted by atomic mass is 35.5. The molecule has 0 aliphatic heterocycles. The number of non-ortho nitro benzene ring substituents is 1. The number of hydrogen-bond donors (Lipinski definition) is 0. The summed E-state index contributed by atoms with van der Waals surface area (Å²) in [7, 11) is -3.59. The normalized spacial score (nSPS) is 11.2. The molecule has 1 heterocycles. The van der Waals surface area contributed by atoms with E-state index in [0.717, 1.165) is 3.97 Å². The zero-order valence-corrected chi connectivity index (χ0v) is 17.9. The average molecular weight is 435 g/mol. The minimum atomic E-state index is -3.59. The van der Waals surface area contributed by atoms with Crippen LogP contribution >= 0.6 is 11.6 Å². The van der Waals surface area contributed by atoms with Gasteiger partial charge in [-0.25, -0.2) is 12.4 Å². The molecule has 3 aromatic rings. The molecule has 3 rings (SSSR count). The van der Waals surface area contributed by atoms with Gasteiger partial charge in [0, 0.05) is 29.6 Å². The number of alkyl halides is 1. The zero-order valence-electron chi connectivity index (χ0n) is 16.3. The van der Waals surface area contributed by atoms with Crippen LogP contribution in [0.25, 0.3) is 10.9 Å². The molecule has 1 aromatic heterocycles. The van der Waals surface area contributed by atoms with Crippen LogP contribution in [-0.4, -0.2) is 23.1 Å². The second-order valence-corrected chi connectivity index (χ2v) is 8.83. The van der Waals surface area contributed by atoms with Gasteiger partial charge < -0.3 is 0 Å². The summed E-state index contributed by atoms with van der Waals surface area (Å²) >= 11 is 5.78. The summed E-state index contributed by atoms with van der Waals surface area (Å²) in [6, 6.07) is 14.5. The second kappa shape index (κ2) is 9.71. The van der Waals surface area contributed by atoms with E-state index in [1.54, 1.807) is 0 Å². The number of fused-ring (bicyclic) bond motifs is 1. The maximum atomic E-state index is 12.1. The van der Waals surface area contributed by atoms with Gasteiger partial charge in [-0.1, -0.05) is 50.3 Å². The molecule has 154 valence electrons. The van der Waals surface area contributed by atoms with Crippen LogP contribution in [0.15, 0.2) is 67.4 Å². The SMILES string of the molecule is C=CCS(=O)(=O)n1cc(CCl)c2cc([N+](=O)[O-])ccc21.CC(C)c1ccccc1. The number of nitrogens with zero attached hydrogens (tertiary/aromatic N) is 2. The third kappa shape index (κ3) is 5.46. The Labute approximate surface area is 175 Å². The van der Waals surface area contributed by atoms with E-state index in [-0.39, 0.29) is 17.3 Å².